The molecule has 0 saturated heterocycles. The van der Waals surface area contributed by atoms with E-state index in [0.29, 0.717) is 11.0 Å². The SMILES string of the molecule is CCc1ccc(NC(=O)c2nnc(CN(Cc3ccc(C)cc3)C3CC3)s2)cc1. The molecule has 0 radical (unpaired) electrons. The quantitative estimate of drug-likeness (QED) is 0.582. The van der Waals surface area contributed by atoms with Crippen molar-refractivity contribution in [1.29, 1.82) is 0 Å². The summed E-state index contributed by atoms with van der Waals surface area (Å²) in [7, 11) is 0. The van der Waals surface area contributed by atoms with Crippen LogP contribution in [0.3, 0.4) is 0 Å². The van der Waals surface area contributed by atoms with E-state index in [1.165, 1.54) is 40.9 Å². The fourth-order valence-corrected chi connectivity index (χ4v) is 4.03. The topological polar surface area (TPSA) is 58.1 Å². The van der Waals surface area contributed by atoms with E-state index in [1.807, 2.05) is 24.3 Å². The van der Waals surface area contributed by atoms with Crippen LogP contribution in [0.15, 0.2) is 48.5 Å². The second kappa shape index (κ2) is 8.84. The van der Waals surface area contributed by atoms with E-state index in [4.69, 9.17) is 0 Å². The van der Waals surface area contributed by atoms with E-state index < -0.39 is 0 Å². The van der Waals surface area contributed by atoms with Gasteiger partial charge in [-0.3, -0.25) is 9.69 Å². The summed E-state index contributed by atoms with van der Waals surface area (Å²) in [5.74, 6) is -0.200. The predicted molar refractivity (Wildman–Crippen MR) is 117 cm³/mol. The Balaban J connectivity index is 1.39. The number of benzene rings is 2. The van der Waals surface area contributed by atoms with Gasteiger partial charge >= 0.3 is 0 Å². The Hall–Kier alpha value is -2.57. The van der Waals surface area contributed by atoms with Crippen LogP contribution in [-0.4, -0.2) is 27.0 Å². The lowest BCUT2D eigenvalue weighted by Crippen LogP contribution is -2.25. The van der Waals surface area contributed by atoms with Crippen molar-refractivity contribution in [2.45, 2.75) is 52.2 Å². The lowest BCUT2D eigenvalue weighted by Gasteiger charge is -2.20. The van der Waals surface area contributed by atoms with Crippen LogP contribution in [-0.2, 0) is 19.5 Å². The third-order valence-electron chi connectivity index (χ3n) is 5.19. The van der Waals surface area contributed by atoms with Gasteiger partial charge in [-0.05, 0) is 49.4 Å². The standard InChI is InChI=1S/C23H26N4OS/c1-3-17-8-10-19(11-9-17)24-22(28)23-26-25-21(29-23)15-27(20-12-13-20)14-18-6-4-16(2)5-7-18/h4-11,20H,3,12-15H2,1-2H3,(H,24,28). The highest BCUT2D eigenvalue weighted by molar-refractivity contribution is 7.13. The number of carbonyl (C=O) groups is 1. The van der Waals surface area contributed by atoms with Gasteiger partial charge in [-0.15, -0.1) is 10.2 Å². The molecular weight excluding hydrogens is 380 g/mol. The van der Waals surface area contributed by atoms with Crippen molar-refractivity contribution in [3.8, 4) is 0 Å². The minimum absolute atomic E-state index is 0.200. The van der Waals surface area contributed by atoms with E-state index in [1.54, 1.807) is 0 Å². The first-order chi connectivity index (χ1) is 14.1. The molecule has 0 bridgehead atoms. The van der Waals surface area contributed by atoms with Gasteiger partial charge in [0.05, 0.1) is 6.54 Å². The van der Waals surface area contributed by atoms with Crippen LogP contribution in [0.1, 0.15) is 51.3 Å². The summed E-state index contributed by atoms with van der Waals surface area (Å²) < 4.78 is 0. The molecule has 150 valence electrons. The van der Waals surface area contributed by atoms with Crippen LogP contribution in [0.2, 0.25) is 0 Å². The number of hydrogen-bond acceptors (Lipinski definition) is 5. The molecule has 2 aromatic carbocycles. The van der Waals surface area contributed by atoms with Gasteiger partial charge in [0.15, 0.2) is 0 Å². The summed E-state index contributed by atoms with van der Waals surface area (Å²) in [6.45, 7) is 5.85. The van der Waals surface area contributed by atoms with Crippen molar-refractivity contribution in [1.82, 2.24) is 15.1 Å². The number of amides is 1. The molecule has 1 amide bonds. The van der Waals surface area contributed by atoms with E-state index in [2.05, 4.69) is 58.5 Å². The number of hydrogen-bond donors (Lipinski definition) is 1. The number of anilines is 1. The molecule has 1 aliphatic rings. The lowest BCUT2D eigenvalue weighted by atomic mass is 10.1. The summed E-state index contributed by atoms with van der Waals surface area (Å²) in [4.78, 5) is 15.0. The normalized spacial score (nSPS) is 13.6. The smallest absolute Gasteiger partial charge is 0.286 e. The molecule has 0 atom stereocenters. The monoisotopic (exact) mass is 406 g/mol. The Morgan fingerprint density at radius 1 is 1.03 bits per heavy atom. The number of aryl methyl sites for hydroxylation is 2. The molecule has 0 spiro atoms. The Morgan fingerprint density at radius 3 is 2.38 bits per heavy atom. The van der Waals surface area contributed by atoms with Gasteiger partial charge in [-0.25, -0.2) is 0 Å². The first kappa shape index (κ1) is 19.7. The second-order valence-electron chi connectivity index (χ2n) is 7.63. The zero-order valence-electron chi connectivity index (χ0n) is 16.9. The molecule has 5 nitrogen and oxygen atoms in total. The van der Waals surface area contributed by atoms with Crippen LogP contribution in [0.25, 0.3) is 0 Å². The minimum atomic E-state index is -0.200. The second-order valence-corrected chi connectivity index (χ2v) is 8.69. The first-order valence-electron chi connectivity index (χ1n) is 10.1. The molecule has 1 aromatic heterocycles. The number of carbonyl (C=O) groups excluding carboxylic acids is 1. The number of aromatic nitrogens is 2. The van der Waals surface area contributed by atoms with Gasteiger partial charge in [0, 0.05) is 18.3 Å². The molecule has 4 rings (SSSR count). The summed E-state index contributed by atoms with van der Waals surface area (Å²) >= 11 is 1.38. The van der Waals surface area contributed by atoms with Gasteiger partial charge in [-0.2, -0.15) is 0 Å². The van der Waals surface area contributed by atoms with Crippen LogP contribution in [0, 0.1) is 6.92 Å². The van der Waals surface area contributed by atoms with Crippen molar-refractivity contribution >= 4 is 22.9 Å². The maximum atomic E-state index is 12.5. The van der Waals surface area contributed by atoms with Crippen molar-refractivity contribution in [3.63, 3.8) is 0 Å². The third-order valence-corrected chi connectivity index (χ3v) is 6.10. The van der Waals surface area contributed by atoms with Gasteiger partial charge < -0.3 is 5.32 Å². The van der Waals surface area contributed by atoms with Crippen molar-refractivity contribution < 1.29 is 4.79 Å². The maximum Gasteiger partial charge on any atom is 0.286 e. The largest absolute Gasteiger partial charge is 0.320 e. The Morgan fingerprint density at radius 2 is 1.72 bits per heavy atom. The van der Waals surface area contributed by atoms with Crippen molar-refractivity contribution in [3.05, 3.63) is 75.2 Å². The maximum absolute atomic E-state index is 12.5. The summed E-state index contributed by atoms with van der Waals surface area (Å²) in [6.07, 6.45) is 3.44. The zero-order valence-corrected chi connectivity index (χ0v) is 17.7. The van der Waals surface area contributed by atoms with Gasteiger partial charge in [0.25, 0.3) is 5.91 Å². The lowest BCUT2D eigenvalue weighted by molar-refractivity contribution is 0.102. The van der Waals surface area contributed by atoms with Crippen LogP contribution in [0.5, 0.6) is 0 Å². The van der Waals surface area contributed by atoms with Gasteiger partial charge in [0.2, 0.25) is 5.01 Å². The molecule has 0 aliphatic heterocycles. The molecule has 6 heteroatoms. The highest BCUT2D eigenvalue weighted by Gasteiger charge is 2.30. The Bertz CT molecular complexity index is 961. The first-order valence-corrected chi connectivity index (χ1v) is 10.9. The highest BCUT2D eigenvalue weighted by Crippen LogP contribution is 2.30. The number of rotatable bonds is 8. The van der Waals surface area contributed by atoms with E-state index in [-0.39, 0.29) is 5.91 Å². The minimum Gasteiger partial charge on any atom is -0.320 e. The van der Waals surface area contributed by atoms with E-state index in [9.17, 15) is 4.79 Å². The Kier molecular flexibility index (Phi) is 6.02. The summed E-state index contributed by atoms with van der Waals surface area (Å²) in [5, 5.41) is 12.6. The van der Waals surface area contributed by atoms with Crippen molar-refractivity contribution in [2.75, 3.05) is 5.32 Å². The molecule has 1 saturated carbocycles. The van der Waals surface area contributed by atoms with E-state index in [0.717, 1.165) is 30.2 Å². The zero-order chi connectivity index (χ0) is 20.2. The molecular formula is C23H26N4OS. The van der Waals surface area contributed by atoms with Crippen LogP contribution in [0.4, 0.5) is 5.69 Å². The predicted octanol–water partition coefficient (Wildman–Crippen LogP) is 4.83. The molecule has 1 fully saturated rings. The Labute approximate surface area is 175 Å². The van der Waals surface area contributed by atoms with E-state index >= 15 is 0 Å². The number of nitrogens with one attached hydrogen (secondary N) is 1. The fourth-order valence-electron chi connectivity index (χ4n) is 3.27. The number of nitrogens with zero attached hydrogens (tertiary/aromatic N) is 3. The van der Waals surface area contributed by atoms with Crippen LogP contribution >= 0.6 is 11.3 Å². The van der Waals surface area contributed by atoms with Crippen LogP contribution < -0.4 is 5.32 Å². The molecule has 0 unspecified atom stereocenters. The molecule has 1 aliphatic carbocycles. The summed E-state index contributed by atoms with van der Waals surface area (Å²) in [5.41, 5.74) is 4.61. The fraction of sp³-hybridized carbons (Fsp3) is 0.348. The summed E-state index contributed by atoms with van der Waals surface area (Å²) in [6, 6.07) is 17.2. The highest BCUT2D eigenvalue weighted by atomic mass is 32.1. The molecule has 1 heterocycles. The average molecular weight is 407 g/mol. The third kappa shape index (κ3) is 5.28. The molecule has 3 aromatic rings. The molecule has 1 N–H and O–H groups in total. The van der Waals surface area contributed by atoms with Crippen molar-refractivity contribution in [2.24, 2.45) is 0 Å². The molecule has 29 heavy (non-hydrogen) atoms. The van der Waals surface area contributed by atoms with Gasteiger partial charge in [-0.1, -0.05) is 60.2 Å². The van der Waals surface area contributed by atoms with Gasteiger partial charge in [0.1, 0.15) is 5.01 Å². The average Bonchev–Trinajstić information content (AvgIpc) is 3.48.